The van der Waals surface area contributed by atoms with Crippen LogP contribution in [0.4, 0.5) is 0 Å². The zero-order valence-corrected chi connectivity index (χ0v) is 22.5. The summed E-state index contributed by atoms with van der Waals surface area (Å²) in [6.07, 6.45) is 7.89. The maximum Gasteiger partial charge on any atom is 0.253 e. The fraction of sp³-hybridized carbons (Fsp3) is 0.424. The van der Waals surface area contributed by atoms with Gasteiger partial charge in [-0.25, -0.2) is 0 Å². The number of piperidine rings is 1. The van der Waals surface area contributed by atoms with Crippen LogP contribution in [0.3, 0.4) is 0 Å². The van der Waals surface area contributed by atoms with E-state index in [0.29, 0.717) is 0 Å². The van der Waals surface area contributed by atoms with Crippen LogP contribution in [0.2, 0.25) is 0 Å². The summed E-state index contributed by atoms with van der Waals surface area (Å²) in [5, 5.41) is 0. The first-order chi connectivity index (χ1) is 17.6. The Hall–Kier alpha value is -2.91. The fourth-order valence-electron chi connectivity index (χ4n) is 4.99. The van der Waals surface area contributed by atoms with Crippen LogP contribution in [-0.2, 0) is 6.42 Å². The molecule has 4 rings (SSSR count). The third kappa shape index (κ3) is 9.28. The monoisotopic (exact) mass is 484 g/mol. The van der Waals surface area contributed by atoms with Gasteiger partial charge in [0.05, 0.1) is 0 Å². The lowest BCUT2D eigenvalue weighted by atomic mass is 9.89. The number of carbonyl (C=O) groups is 1. The smallest absolute Gasteiger partial charge is 0.253 e. The first-order valence-electron chi connectivity index (χ1n) is 13.6. The average Bonchev–Trinajstić information content (AvgIpc) is 2.95. The molecule has 0 bridgehead atoms. The van der Waals surface area contributed by atoms with Crippen molar-refractivity contribution in [2.75, 3.05) is 33.7 Å². The zero-order chi connectivity index (χ0) is 25.6. The molecular formula is C33H44N2O. The number of aryl methyl sites for hydroxylation is 1. The van der Waals surface area contributed by atoms with Crippen molar-refractivity contribution < 1.29 is 4.79 Å². The van der Waals surface area contributed by atoms with Crippen molar-refractivity contribution >= 4 is 5.91 Å². The van der Waals surface area contributed by atoms with E-state index in [1.807, 2.05) is 30.3 Å². The highest BCUT2D eigenvalue weighted by molar-refractivity contribution is 5.93. The van der Waals surface area contributed by atoms with Crippen LogP contribution in [-0.4, -0.2) is 49.4 Å². The van der Waals surface area contributed by atoms with Gasteiger partial charge in [0.2, 0.25) is 0 Å². The maximum absolute atomic E-state index is 11.3. The molecule has 0 saturated carbocycles. The zero-order valence-electron chi connectivity index (χ0n) is 22.5. The van der Waals surface area contributed by atoms with E-state index in [4.69, 9.17) is 0 Å². The number of likely N-dealkylation sites (tertiary alicyclic amines) is 1. The van der Waals surface area contributed by atoms with Gasteiger partial charge in [-0.1, -0.05) is 92.2 Å². The van der Waals surface area contributed by atoms with Crippen LogP contribution in [0.5, 0.6) is 0 Å². The molecule has 192 valence electrons. The molecule has 3 heteroatoms. The molecule has 0 aromatic heterocycles. The Balaban J connectivity index is 0.000000275. The normalized spacial score (nSPS) is 15.0. The van der Waals surface area contributed by atoms with Gasteiger partial charge in [0, 0.05) is 19.7 Å². The Labute approximate surface area is 219 Å². The molecule has 0 spiro atoms. The van der Waals surface area contributed by atoms with Gasteiger partial charge in [0.25, 0.3) is 5.91 Å². The molecule has 0 N–H and O–H groups in total. The topological polar surface area (TPSA) is 23.6 Å². The van der Waals surface area contributed by atoms with Gasteiger partial charge in [-0.05, 0) is 86.8 Å². The third-order valence-corrected chi connectivity index (χ3v) is 7.40. The second-order valence-electron chi connectivity index (χ2n) is 10.2. The lowest BCUT2D eigenvalue weighted by Gasteiger charge is -2.33. The third-order valence-electron chi connectivity index (χ3n) is 7.40. The van der Waals surface area contributed by atoms with Crippen molar-refractivity contribution in [2.45, 2.75) is 51.4 Å². The van der Waals surface area contributed by atoms with E-state index in [-0.39, 0.29) is 5.91 Å². The highest BCUT2D eigenvalue weighted by Crippen LogP contribution is 2.28. The van der Waals surface area contributed by atoms with Gasteiger partial charge >= 0.3 is 0 Å². The summed E-state index contributed by atoms with van der Waals surface area (Å²) in [5.41, 5.74) is 3.76. The second kappa shape index (κ2) is 15.3. The molecule has 1 atom stereocenters. The van der Waals surface area contributed by atoms with Gasteiger partial charge in [-0.3, -0.25) is 4.79 Å². The largest absolute Gasteiger partial charge is 0.345 e. The molecular weight excluding hydrogens is 440 g/mol. The van der Waals surface area contributed by atoms with Crippen LogP contribution >= 0.6 is 0 Å². The van der Waals surface area contributed by atoms with Crippen molar-refractivity contribution in [1.82, 2.24) is 9.80 Å². The van der Waals surface area contributed by atoms with Gasteiger partial charge in [-0.15, -0.1) is 0 Å². The summed E-state index contributed by atoms with van der Waals surface area (Å²) in [6, 6.07) is 31.3. The highest BCUT2D eigenvalue weighted by Gasteiger charge is 2.20. The first-order valence-corrected chi connectivity index (χ1v) is 13.6. The molecule has 1 amide bonds. The number of rotatable bonds is 9. The fourth-order valence-corrected chi connectivity index (χ4v) is 4.99. The van der Waals surface area contributed by atoms with Crippen molar-refractivity contribution in [3.63, 3.8) is 0 Å². The minimum atomic E-state index is 0.0469. The minimum Gasteiger partial charge on any atom is -0.345 e. The summed E-state index contributed by atoms with van der Waals surface area (Å²) >= 11 is 0. The van der Waals surface area contributed by atoms with E-state index in [1.165, 1.54) is 69.3 Å². The van der Waals surface area contributed by atoms with E-state index in [1.54, 1.807) is 19.0 Å². The van der Waals surface area contributed by atoms with Crippen LogP contribution < -0.4 is 0 Å². The molecule has 1 unspecified atom stereocenters. The standard InChI is InChI=1S/C24H33N.C9H11NO/c1-2-21(13-14-22-9-5-3-6-10-22)15-18-25-19-16-24(17-20-25)23-11-7-4-8-12-23;1-10(2)9(11)8-6-4-3-5-7-8/h3-12,21,24H,2,13-20H2,1H3;3-7H,1-2H3. The molecule has 1 aliphatic rings. The molecule has 1 fully saturated rings. The first kappa shape index (κ1) is 27.7. The Bertz CT molecular complexity index is 980. The minimum absolute atomic E-state index is 0.0469. The predicted octanol–water partition coefficient (Wildman–Crippen LogP) is 7.30. The second-order valence-corrected chi connectivity index (χ2v) is 10.2. The molecule has 1 aliphatic heterocycles. The number of hydrogen-bond acceptors (Lipinski definition) is 2. The van der Waals surface area contributed by atoms with E-state index in [2.05, 4.69) is 72.5 Å². The summed E-state index contributed by atoms with van der Waals surface area (Å²) in [7, 11) is 3.49. The van der Waals surface area contributed by atoms with Crippen molar-refractivity contribution in [3.05, 3.63) is 108 Å². The van der Waals surface area contributed by atoms with E-state index < -0.39 is 0 Å². The quantitative estimate of drug-likeness (QED) is 0.318. The van der Waals surface area contributed by atoms with Gasteiger partial charge in [-0.2, -0.15) is 0 Å². The maximum atomic E-state index is 11.3. The van der Waals surface area contributed by atoms with Gasteiger partial charge < -0.3 is 9.80 Å². The molecule has 1 heterocycles. The summed E-state index contributed by atoms with van der Waals surface area (Å²) < 4.78 is 0. The van der Waals surface area contributed by atoms with E-state index in [0.717, 1.165) is 17.4 Å². The Kier molecular flexibility index (Phi) is 11.7. The van der Waals surface area contributed by atoms with Gasteiger partial charge in [0.1, 0.15) is 0 Å². The Morgan fingerprint density at radius 1 is 0.833 bits per heavy atom. The number of hydrogen-bond donors (Lipinski definition) is 0. The van der Waals surface area contributed by atoms with Crippen molar-refractivity contribution in [3.8, 4) is 0 Å². The lowest BCUT2D eigenvalue weighted by Crippen LogP contribution is -2.34. The van der Waals surface area contributed by atoms with Gasteiger partial charge in [0.15, 0.2) is 0 Å². The predicted molar refractivity (Wildman–Crippen MR) is 152 cm³/mol. The molecule has 3 aromatic carbocycles. The summed E-state index contributed by atoms with van der Waals surface area (Å²) in [4.78, 5) is 15.5. The lowest BCUT2D eigenvalue weighted by molar-refractivity contribution is 0.0827. The molecule has 0 aliphatic carbocycles. The SMILES string of the molecule is CCC(CCc1ccccc1)CCN1CCC(c2ccccc2)CC1.CN(C)C(=O)c1ccccc1. The molecule has 1 saturated heterocycles. The highest BCUT2D eigenvalue weighted by atomic mass is 16.2. The molecule has 3 nitrogen and oxygen atoms in total. The number of nitrogens with zero attached hydrogens (tertiary/aromatic N) is 2. The average molecular weight is 485 g/mol. The van der Waals surface area contributed by atoms with Crippen LogP contribution in [0.1, 0.15) is 66.4 Å². The van der Waals surface area contributed by atoms with E-state index in [9.17, 15) is 4.79 Å². The number of benzene rings is 3. The summed E-state index contributed by atoms with van der Waals surface area (Å²) in [5.74, 6) is 1.69. The number of carbonyl (C=O) groups excluding carboxylic acids is 1. The van der Waals surface area contributed by atoms with Crippen LogP contribution in [0.25, 0.3) is 0 Å². The van der Waals surface area contributed by atoms with Crippen molar-refractivity contribution in [1.29, 1.82) is 0 Å². The molecule has 3 aromatic rings. The van der Waals surface area contributed by atoms with Crippen LogP contribution in [0.15, 0.2) is 91.0 Å². The Morgan fingerprint density at radius 2 is 1.39 bits per heavy atom. The Morgan fingerprint density at radius 3 is 1.94 bits per heavy atom. The molecule has 0 radical (unpaired) electrons. The molecule has 36 heavy (non-hydrogen) atoms. The van der Waals surface area contributed by atoms with Crippen molar-refractivity contribution in [2.24, 2.45) is 5.92 Å². The van der Waals surface area contributed by atoms with Crippen LogP contribution in [0, 0.1) is 5.92 Å². The van der Waals surface area contributed by atoms with E-state index >= 15 is 0 Å². The number of amides is 1. The summed E-state index contributed by atoms with van der Waals surface area (Å²) in [6.45, 7) is 6.19.